The van der Waals surface area contributed by atoms with Crippen LogP contribution in [0.2, 0.25) is 0 Å². The van der Waals surface area contributed by atoms with Gasteiger partial charge in [0.15, 0.2) is 0 Å². The normalized spacial score (nSPS) is 9.94. The molecule has 0 aliphatic heterocycles. The summed E-state index contributed by atoms with van der Waals surface area (Å²) in [6, 6.07) is 7.47. The molecule has 0 radical (unpaired) electrons. The molecule has 0 fully saturated rings. The smallest absolute Gasteiger partial charge is 0.213 e. The molecule has 0 saturated carbocycles. The molecule has 2 rings (SSSR count). The minimum absolute atomic E-state index is 0.515. The third-order valence-electron chi connectivity index (χ3n) is 2.29. The van der Waals surface area contributed by atoms with E-state index in [0.717, 1.165) is 11.3 Å². The fourth-order valence-corrected chi connectivity index (χ4v) is 1.39. The summed E-state index contributed by atoms with van der Waals surface area (Å²) < 4.78 is 5.05. The van der Waals surface area contributed by atoms with Crippen molar-refractivity contribution in [3.05, 3.63) is 42.2 Å². The number of ether oxygens (including phenoxy) is 1. The topological polar surface area (TPSA) is 73.1 Å². The van der Waals surface area contributed by atoms with E-state index in [4.69, 9.17) is 10.5 Å². The average Bonchev–Trinajstić information content (AvgIpc) is 2.38. The lowest BCUT2D eigenvalue weighted by Crippen LogP contribution is -2.01. The summed E-state index contributed by atoms with van der Waals surface area (Å²) >= 11 is 0. The molecule has 0 aromatic carbocycles. The maximum absolute atomic E-state index is 5.51. The van der Waals surface area contributed by atoms with Crippen molar-refractivity contribution >= 4 is 11.5 Å². The minimum atomic E-state index is 0.515. The summed E-state index contributed by atoms with van der Waals surface area (Å²) in [4.78, 5) is 8.05. The van der Waals surface area contributed by atoms with Crippen LogP contribution < -0.4 is 15.8 Å². The zero-order chi connectivity index (χ0) is 12.1. The quantitative estimate of drug-likeness (QED) is 0.836. The third kappa shape index (κ3) is 3.07. The average molecular weight is 230 g/mol. The van der Waals surface area contributed by atoms with Gasteiger partial charge in [0.25, 0.3) is 0 Å². The summed E-state index contributed by atoms with van der Waals surface area (Å²) in [5, 5.41) is 3.24. The molecule has 0 aliphatic carbocycles. The number of hydrogen-bond acceptors (Lipinski definition) is 5. The Morgan fingerprint density at radius 3 is 2.88 bits per heavy atom. The Kier molecular flexibility index (Phi) is 3.40. The van der Waals surface area contributed by atoms with E-state index in [0.29, 0.717) is 18.2 Å². The molecular weight excluding hydrogens is 216 g/mol. The maximum atomic E-state index is 5.51. The van der Waals surface area contributed by atoms with Gasteiger partial charge < -0.3 is 15.8 Å². The van der Waals surface area contributed by atoms with Gasteiger partial charge in [-0.3, -0.25) is 0 Å². The third-order valence-corrected chi connectivity index (χ3v) is 2.29. The van der Waals surface area contributed by atoms with Gasteiger partial charge in [-0.15, -0.1) is 0 Å². The molecule has 2 heterocycles. The second-order valence-corrected chi connectivity index (χ2v) is 3.53. The van der Waals surface area contributed by atoms with Gasteiger partial charge in [0.1, 0.15) is 5.82 Å². The second-order valence-electron chi connectivity index (χ2n) is 3.53. The summed E-state index contributed by atoms with van der Waals surface area (Å²) in [5.74, 6) is 1.13. The number of nitrogens with zero attached hydrogens (tertiary/aromatic N) is 2. The van der Waals surface area contributed by atoms with E-state index in [2.05, 4.69) is 15.3 Å². The molecule has 0 aliphatic rings. The highest BCUT2D eigenvalue weighted by Gasteiger charge is 1.97. The second kappa shape index (κ2) is 5.16. The van der Waals surface area contributed by atoms with E-state index in [9.17, 15) is 0 Å². The molecule has 0 atom stereocenters. The fourth-order valence-electron chi connectivity index (χ4n) is 1.39. The van der Waals surface area contributed by atoms with Crippen molar-refractivity contribution in [2.24, 2.45) is 0 Å². The Morgan fingerprint density at radius 1 is 1.29 bits per heavy atom. The van der Waals surface area contributed by atoms with Crippen LogP contribution in [0.15, 0.2) is 36.7 Å². The van der Waals surface area contributed by atoms with Crippen molar-refractivity contribution in [3.63, 3.8) is 0 Å². The zero-order valence-electron chi connectivity index (χ0n) is 9.55. The highest BCUT2D eigenvalue weighted by Crippen LogP contribution is 2.12. The zero-order valence-corrected chi connectivity index (χ0v) is 9.55. The van der Waals surface area contributed by atoms with Crippen molar-refractivity contribution in [1.82, 2.24) is 9.97 Å². The fraction of sp³-hybridized carbons (Fsp3) is 0.167. The molecule has 2 aromatic heterocycles. The van der Waals surface area contributed by atoms with E-state index in [1.165, 1.54) is 0 Å². The number of rotatable bonds is 4. The minimum Gasteiger partial charge on any atom is -0.481 e. The van der Waals surface area contributed by atoms with E-state index in [-0.39, 0.29) is 0 Å². The Hall–Kier alpha value is -2.30. The van der Waals surface area contributed by atoms with Crippen LogP contribution in [0.3, 0.4) is 0 Å². The first-order valence-corrected chi connectivity index (χ1v) is 5.22. The molecule has 0 bridgehead atoms. The van der Waals surface area contributed by atoms with Gasteiger partial charge in [-0.2, -0.15) is 0 Å². The molecule has 5 heteroatoms. The summed E-state index contributed by atoms with van der Waals surface area (Å²) in [6.07, 6.45) is 3.42. The number of methoxy groups -OCH3 is 1. The molecule has 0 amide bonds. The van der Waals surface area contributed by atoms with Crippen LogP contribution in [0.25, 0.3) is 0 Å². The number of nitrogens with one attached hydrogen (secondary N) is 1. The Balaban J connectivity index is 1.99. The van der Waals surface area contributed by atoms with Gasteiger partial charge in [0.2, 0.25) is 5.88 Å². The number of nitrogens with two attached hydrogens (primary N) is 1. The monoisotopic (exact) mass is 230 g/mol. The van der Waals surface area contributed by atoms with E-state index >= 15 is 0 Å². The lowest BCUT2D eigenvalue weighted by molar-refractivity contribution is 0.397. The number of pyridine rings is 2. The highest BCUT2D eigenvalue weighted by atomic mass is 16.5. The Labute approximate surface area is 99.7 Å². The molecule has 0 spiro atoms. The summed E-state index contributed by atoms with van der Waals surface area (Å²) in [6.45, 7) is 0.685. The predicted molar refractivity (Wildman–Crippen MR) is 66.8 cm³/mol. The lowest BCUT2D eigenvalue weighted by atomic mass is 10.2. The van der Waals surface area contributed by atoms with Crippen molar-refractivity contribution in [1.29, 1.82) is 0 Å². The van der Waals surface area contributed by atoms with Gasteiger partial charge in [0.05, 0.1) is 19.0 Å². The van der Waals surface area contributed by atoms with E-state index < -0.39 is 0 Å². The molecule has 88 valence electrons. The lowest BCUT2D eigenvalue weighted by Gasteiger charge is -2.07. The van der Waals surface area contributed by atoms with Crippen LogP contribution in [-0.2, 0) is 6.54 Å². The Morgan fingerprint density at radius 2 is 2.18 bits per heavy atom. The largest absolute Gasteiger partial charge is 0.481 e. The maximum Gasteiger partial charge on any atom is 0.213 e. The summed E-state index contributed by atoms with van der Waals surface area (Å²) in [5.41, 5.74) is 7.53. The Bertz CT molecular complexity index is 484. The van der Waals surface area contributed by atoms with Gasteiger partial charge in [0, 0.05) is 18.8 Å². The van der Waals surface area contributed by atoms with Gasteiger partial charge in [-0.25, -0.2) is 9.97 Å². The number of nitrogen functional groups attached to an aromatic ring is 1. The molecule has 2 aromatic rings. The first kappa shape index (κ1) is 11.2. The predicted octanol–water partition coefficient (Wildman–Crippen LogP) is 1.68. The van der Waals surface area contributed by atoms with Crippen molar-refractivity contribution in [2.75, 3.05) is 18.2 Å². The van der Waals surface area contributed by atoms with E-state index in [1.807, 2.05) is 18.2 Å². The molecule has 3 N–H and O–H groups in total. The molecule has 17 heavy (non-hydrogen) atoms. The first-order valence-electron chi connectivity index (χ1n) is 5.22. The SMILES string of the molecule is COc1cc(CNc2ccc(N)nc2)ccn1. The number of hydrogen-bond donors (Lipinski definition) is 2. The van der Waals surface area contributed by atoms with Gasteiger partial charge >= 0.3 is 0 Å². The molecular formula is C12H14N4O. The van der Waals surface area contributed by atoms with E-state index in [1.54, 1.807) is 25.6 Å². The standard InChI is InChI=1S/C12H14N4O/c1-17-12-6-9(4-5-14-12)7-15-10-2-3-11(13)16-8-10/h2-6,8,15H,7H2,1H3,(H2,13,16). The first-order chi connectivity index (χ1) is 8.28. The summed E-state index contributed by atoms with van der Waals surface area (Å²) in [7, 11) is 1.60. The van der Waals surface area contributed by atoms with Crippen LogP contribution >= 0.6 is 0 Å². The molecule has 5 nitrogen and oxygen atoms in total. The van der Waals surface area contributed by atoms with Crippen LogP contribution in [-0.4, -0.2) is 17.1 Å². The van der Waals surface area contributed by atoms with Crippen molar-refractivity contribution in [3.8, 4) is 5.88 Å². The molecule has 0 unspecified atom stereocenters. The number of aromatic nitrogens is 2. The molecule has 0 saturated heterocycles. The van der Waals surface area contributed by atoms with Crippen LogP contribution in [0.5, 0.6) is 5.88 Å². The van der Waals surface area contributed by atoms with Crippen LogP contribution in [0.1, 0.15) is 5.56 Å². The van der Waals surface area contributed by atoms with Crippen molar-refractivity contribution < 1.29 is 4.74 Å². The van der Waals surface area contributed by atoms with Crippen LogP contribution in [0.4, 0.5) is 11.5 Å². The van der Waals surface area contributed by atoms with Gasteiger partial charge in [-0.1, -0.05) is 0 Å². The number of anilines is 2. The van der Waals surface area contributed by atoms with Gasteiger partial charge in [-0.05, 0) is 23.8 Å². The van der Waals surface area contributed by atoms with Crippen molar-refractivity contribution in [2.45, 2.75) is 6.54 Å². The highest BCUT2D eigenvalue weighted by molar-refractivity contribution is 5.45. The van der Waals surface area contributed by atoms with Crippen LogP contribution in [0, 0.1) is 0 Å².